The first-order valence-electron chi connectivity index (χ1n) is 7.30. The molecule has 0 aromatic carbocycles. The van der Waals surface area contributed by atoms with Crippen LogP contribution in [0, 0.1) is 0 Å². The quantitative estimate of drug-likeness (QED) is 0.832. The number of hydrogen-bond acceptors (Lipinski definition) is 3. The normalized spacial score (nSPS) is 34.1. The van der Waals surface area contributed by atoms with Crippen LogP contribution >= 0.6 is 11.8 Å². The standard InChI is InChI=1S/C14H28N2S/c1-4-14(5-2)11-16(12(3)9-15-14)10-13-7-6-8-17-13/h12-13,15H,4-11H2,1-3H3. The number of hydrogen-bond donors (Lipinski definition) is 1. The highest BCUT2D eigenvalue weighted by atomic mass is 32.2. The number of piperazine rings is 1. The van der Waals surface area contributed by atoms with E-state index in [2.05, 4.69) is 42.7 Å². The Morgan fingerprint density at radius 3 is 2.71 bits per heavy atom. The van der Waals surface area contributed by atoms with Crippen LogP contribution in [0.5, 0.6) is 0 Å². The maximum absolute atomic E-state index is 3.79. The molecular weight excluding hydrogens is 228 g/mol. The van der Waals surface area contributed by atoms with E-state index in [1.165, 1.54) is 51.1 Å². The zero-order valence-electron chi connectivity index (χ0n) is 11.7. The van der Waals surface area contributed by atoms with E-state index >= 15 is 0 Å². The van der Waals surface area contributed by atoms with Crippen LogP contribution in [0.15, 0.2) is 0 Å². The van der Waals surface area contributed by atoms with Crippen molar-refractivity contribution in [3.63, 3.8) is 0 Å². The van der Waals surface area contributed by atoms with Gasteiger partial charge in [0.15, 0.2) is 0 Å². The van der Waals surface area contributed by atoms with Gasteiger partial charge in [-0.25, -0.2) is 0 Å². The molecule has 2 nitrogen and oxygen atoms in total. The molecule has 2 aliphatic rings. The van der Waals surface area contributed by atoms with Crippen molar-refractivity contribution in [2.75, 3.05) is 25.4 Å². The van der Waals surface area contributed by atoms with Gasteiger partial charge < -0.3 is 5.32 Å². The van der Waals surface area contributed by atoms with Gasteiger partial charge in [-0.2, -0.15) is 11.8 Å². The highest BCUT2D eigenvalue weighted by Crippen LogP contribution is 2.29. The number of rotatable bonds is 4. The summed E-state index contributed by atoms with van der Waals surface area (Å²) in [5.74, 6) is 1.39. The monoisotopic (exact) mass is 256 g/mol. The maximum atomic E-state index is 3.79. The van der Waals surface area contributed by atoms with Gasteiger partial charge in [0.25, 0.3) is 0 Å². The lowest BCUT2D eigenvalue weighted by Crippen LogP contribution is -2.63. The minimum atomic E-state index is 0.385. The lowest BCUT2D eigenvalue weighted by atomic mass is 9.88. The fourth-order valence-electron chi connectivity index (χ4n) is 3.11. The van der Waals surface area contributed by atoms with Crippen LogP contribution in [0.4, 0.5) is 0 Å². The van der Waals surface area contributed by atoms with E-state index in [1.807, 2.05) is 0 Å². The van der Waals surface area contributed by atoms with Crippen molar-refractivity contribution in [3.05, 3.63) is 0 Å². The number of nitrogens with zero attached hydrogens (tertiary/aromatic N) is 1. The van der Waals surface area contributed by atoms with Gasteiger partial charge in [0.2, 0.25) is 0 Å². The summed E-state index contributed by atoms with van der Waals surface area (Å²) in [5, 5.41) is 4.69. The predicted molar refractivity (Wildman–Crippen MR) is 77.8 cm³/mol. The highest BCUT2D eigenvalue weighted by Gasteiger charge is 2.36. The third-order valence-corrected chi connectivity index (χ3v) is 6.10. The molecule has 2 unspecified atom stereocenters. The van der Waals surface area contributed by atoms with Crippen molar-refractivity contribution >= 4 is 11.8 Å². The van der Waals surface area contributed by atoms with Crippen molar-refractivity contribution in [2.45, 2.75) is 63.3 Å². The van der Waals surface area contributed by atoms with Crippen molar-refractivity contribution in [1.29, 1.82) is 0 Å². The Labute approximate surface area is 111 Å². The number of thioether (sulfide) groups is 1. The van der Waals surface area contributed by atoms with E-state index in [-0.39, 0.29) is 0 Å². The first-order valence-corrected chi connectivity index (χ1v) is 8.34. The van der Waals surface area contributed by atoms with Crippen LogP contribution in [0.2, 0.25) is 0 Å². The summed E-state index contributed by atoms with van der Waals surface area (Å²) in [6.45, 7) is 10.8. The zero-order valence-corrected chi connectivity index (χ0v) is 12.5. The summed E-state index contributed by atoms with van der Waals surface area (Å²) in [7, 11) is 0. The molecule has 100 valence electrons. The second kappa shape index (κ2) is 5.94. The first-order chi connectivity index (χ1) is 8.19. The Bertz CT molecular complexity index is 234. The van der Waals surface area contributed by atoms with Gasteiger partial charge in [-0.05, 0) is 38.4 Å². The summed E-state index contributed by atoms with van der Waals surface area (Å²) in [6, 6.07) is 0.711. The Hall–Kier alpha value is 0.270. The lowest BCUT2D eigenvalue weighted by molar-refractivity contribution is 0.0811. The summed E-state index contributed by atoms with van der Waals surface area (Å²) in [5.41, 5.74) is 0.385. The van der Waals surface area contributed by atoms with E-state index in [0.717, 1.165) is 5.25 Å². The predicted octanol–water partition coefficient (Wildman–Crippen LogP) is 2.73. The molecule has 0 amide bonds. The Morgan fingerprint density at radius 2 is 2.12 bits per heavy atom. The lowest BCUT2D eigenvalue weighted by Gasteiger charge is -2.47. The molecule has 2 saturated heterocycles. The molecule has 2 heterocycles. The smallest absolute Gasteiger partial charge is 0.0304 e. The summed E-state index contributed by atoms with van der Waals surface area (Å²) in [4.78, 5) is 2.74. The molecule has 0 spiro atoms. The van der Waals surface area contributed by atoms with Gasteiger partial charge in [0, 0.05) is 36.5 Å². The van der Waals surface area contributed by atoms with Crippen LogP contribution in [-0.4, -0.2) is 47.1 Å². The molecule has 3 heteroatoms. The van der Waals surface area contributed by atoms with Gasteiger partial charge in [-0.3, -0.25) is 4.90 Å². The van der Waals surface area contributed by atoms with Gasteiger partial charge in [0.05, 0.1) is 0 Å². The minimum absolute atomic E-state index is 0.385. The van der Waals surface area contributed by atoms with Crippen LogP contribution < -0.4 is 5.32 Å². The SMILES string of the molecule is CCC1(CC)CN(CC2CCCS2)C(C)CN1. The average molecular weight is 256 g/mol. The summed E-state index contributed by atoms with van der Waals surface area (Å²) in [6.07, 6.45) is 5.38. The van der Waals surface area contributed by atoms with Gasteiger partial charge in [0.1, 0.15) is 0 Å². The Kier molecular flexibility index (Phi) is 4.79. The van der Waals surface area contributed by atoms with Crippen LogP contribution in [0.25, 0.3) is 0 Å². The van der Waals surface area contributed by atoms with Crippen LogP contribution in [-0.2, 0) is 0 Å². The first kappa shape index (κ1) is 13.7. The zero-order chi connectivity index (χ0) is 12.3. The van der Waals surface area contributed by atoms with E-state index in [9.17, 15) is 0 Å². The molecule has 1 N–H and O–H groups in total. The molecule has 17 heavy (non-hydrogen) atoms. The molecule has 0 aromatic rings. The molecule has 2 aliphatic heterocycles. The molecule has 0 aliphatic carbocycles. The number of nitrogens with one attached hydrogen (secondary N) is 1. The molecule has 2 rings (SSSR count). The molecule has 2 atom stereocenters. The van der Waals surface area contributed by atoms with Crippen LogP contribution in [0.1, 0.15) is 46.5 Å². The van der Waals surface area contributed by atoms with Crippen LogP contribution in [0.3, 0.4) is 0 Å². The second-order valence-electron chi connectivity index (χ2n) is 5.78. The van der Waals surface area contributed by atoms with Gasteiger partial charge >= 0.3 is 0 Å². The summed E-state index contributed by atoms with van der Waals surface area (Å²) < 4.78 is 0. The van der Waals surface area contributed by atoms with E-state index < -0.39 is 0 Å². The minimum Gasteiger partial charge on any atom is -0.308 e. The van der Waals surface area contributed by atoms with Crippen molar-refractivity contribution < 1.29 is 0 Å². The molecule has 0 bridgehead atoms. The molecule has 2 fully saturated rings. The second-order valence-corrected chi connectivity index (χ2v) is 7.19. The van der Waals surface area contributed by atoms with Crippen molar-refractivity contribution in [2.24, 2.45) is 0 Å². The van der Waals surface area contributed by atoms with Crippen molar-refractivity contribution in [1.82, 2.24) is 10.2 Å². The van der Waals surface area contributed by atoms with E-state index in [1.54, 1.807) is 0 Å². The fraction of sp³-hybridized carbons (Fsp3) is 1.00. The van der Waals surface area contributed by atoms with E-state index in [4.69, 9.17) is 0 Å². The maximum Gasteiger partial charge on any atom is 0.0304 e. The van der Waals surface area contributed by atoms with Gasteiger partial charge in [-0.15, -0.1) is 0 Å². The topological polar surface area (TPSA) is 15.3 Å². The average Bonchev–Trinajstić information content (AvgIpc) is 2.85. The molecule has 0 radical (unpaired) electrons. The molecule has 0 saturated carbocycles. The Morgan fingerprint density at radius 1 is 1.35 bits per heavy atom. The third-order valence-electron chi connectivity index (χ3n) is 4.72. The highest BCUT2D eigenvalue weighted by molar-refractivity contribution is 8.00. The summed E-state index contributed by atoms with van der Waals surface area (Å²) >= 11 is 2.19. The third kappa shape index (κ3) is 3.18. The largest absolute Gasteiger partial charge is 0.308 e. The van der Waals surface area contributed by atoms with Crippen molar-refractivity contribution in [3.8, 4) is 0 Å². The molecule has 0 aromatic heterocycles. The molecular formula is C14H28N2S. The fourth-order valence-corrected chi connectivity index (χ4v) is 4.41. The Balaban J connectivity index is 1.93. The van der Waals surface area contributed by atoms with E-state index in [0.29, 0.717) is 11.6 Å². The van der Waals surface area contributed by atoms with Gasteiger partial charge in [-0.1, -0.05) is 13.8 Å².